The lowest BCUT2D eigenvalue weighted by Gasteiger charge is -2.35. The highest BCUT2D eigenvalue weighted by molar-refractivity contribution is 6.09. The van der Waals surface area contributed by atoms with Crippen LogP contribution in [0.4, 0.5) is 0 Å². The van der Waals surface area contributed by atoms with Gasteiger partial charge in [-0.15, -0.1) is 0 Å². The van der Waals surface area contributed by atoms with Gasteiger partial charge in [-0.3, -0.25) is 14.5 Å². The maximum Gasteiger partial charge on any atom is 0.356 e. The second-order valence-corrected chi connectivity index (χ2v) is 10.9. The minimum absolute atomic E-state index is 0.171. The number of aromatic nitrogens is 3. The van der Waals surface area contributed by atoms with Gasteiger partial charge in [0.25, 0.3) is 11.8 Å². The summed E-state index contributed by atoms with van der Waals surface area (Å²) >= 11 is 0. The molecule has 3 heterocycles. The fraction of sp³-hybridized carbons (Fsp3) is 0.200. The van der Waals surface area contributed by atoms with Crippen LogP contribution in [0.15, 0.2) is 97.3 Å². The summed E-state index contributed by atoms with van der Waals surface area (Å²) in [6.45, 7) is 4.15. The van der Waals surface area contributed by atoms with Crippen molar-refractivity contribution in [3.05, 3.63) is 125 Å². The number of pyridine rings is 1. The zero-order valence-electron chi connectivity index (χ0n) is 24.8. The van der Waals surface area contributed by atoms with Crippen molar-refractivity contribution in [1.82, 2.24) is 30.1 Å². The molecule has 1 aliphatic rings. The Hall–Kier alpha value is -5.48. The molecule has 1 fully saturated rings. The zero-order valence-corrected chi connectivity index (χ0v) is 24.8. The van der Waals surface area contributed by atoms with E-state index >= 15 is 0 Å². The molecule has 10 nitrogen and oxygen atoms in total. The smallest absolute Gasteiger partial charge is 0.356 e. The lowest BCUT2D eigenvalue weighted by atomic mass is 9.95. The van der Waals surface area contributed by atoms with E-state index in [1.807, 2.05) is 91.9 Å². The average molecular weight is 601 g/mol. The number of aromatic carboxylic acids is 1. The van der Waals surface area contributed by atoms with E-state index in [4.69, 9.17) is 4.98 Å². The van der Waals surface area contributed by atoms with Crippen LogP contribution in [0.2, 0.25) is 0 Å². The summed E-state index contributed by atoms with van der Waals surface area (Å²) in [5.74, 6) is -1.95. The third-order valence-corrected chi connectivity index (χ3v) is 8.06. The van der Waals surface area contributed by atoms with Crippen LogP contribution in [0.3, 0.4) is 0 Å². The lowest BCUT2D eigenvalue weighted by molar-refractivity contribution is 0.0599. The van der Waals surface area contributed by atoms with E-state index in [1.165, 1.54) is 12.4 Å². The minimum atomic E-state index is -1.30. The number of rotatable bonds is 8. The first kappa shape index (κ1) is 29.6. The Bertz CT molecular complexity index is 1860. The molecule has 2 amide bonds. The molecule has 2 N–H and O–H groups in total. The second-order valence-electron chi connectivity index (χ2n) is 10.9. The summed E-state index contributed by atoms with van der Waals surface area (Å²) < 4.78 is 0. The Morgan fingerprint density at radius 3 is 2.13 bits per heavy atom. The number of amides is 2. The van der Waals surface area contributed by atoms with E-state index in [0.29, 0.717) is 38.3 Å². The van der Waals surface area contributed by atoms with Gasteiger partial charge in [-0.25, -0.2) is 19.7 Å². The van der Waals surface area contributed by atoms with Gasteiger partial charge in [0.2, 0.25) is 0 Å². The Morgan fingerprint density at radius 1 is 0.822 bits per heavy atom. The van der Waals surface area contributed by atoms with Crippen LogP contribution >= 0.6 is 0 Å². The number of fused-ring (bicyclic) bond motifs is 1. The summed E-state index contributed by atoms with van der Waals surface area (Å²) in [6, 6.07) is 27.1. The molecule has 45 heavy (non-hydrogen) atoms. The summed E-state index contributed by atoms with van der Waals surface area (Å²) in [5, 5.41) is 13.5. The molecular weight excluding hydrogens is 568 g/mol. The van der Waals surface area contributed by atoms with Crippen LogP contribution in [-0.2, 0) is 6.54 Å². The maximum absolute atomic E-state index is 14.2. The molecule has 0 bridgehead atoms. The van der Waals surface area contributed by atoms with Crippen molar-refractivity contribution in [2.45, 2.75) is 19.5 Å². The Morgan fingerprint density at radius 2 is 1.44 bits per heavy atom. The standard InChI is InChI=1S/C35H32N6O4/c1-23(24-10-4-2-5-11-24)38-33(42)29-26-14-8-9-15-28(26)39-30(25-12-6-3-7-13-25)27(29)22-40-18-20-41(21-19-40)34(43)31-32(35(44)45)37-17-16-36-31/h2-17,23H,18-22H2,1H3,(H,38,42)(H,44,45)/t23-/m0/s1. The summed E-state index contributed by atoms with van der Waals surface area (Å²) in [6.07, 6.45) is 2.58. The van der Waals surface area contributed by atoms with Crippen LogP contribution < -0.4 is 5.32 Å². The third-order valence-electron chi connectivity index (χ3n) is 8.06. The van der Waals surface area contributed by atoms with Crippen molar-refractivity contribution in [1.29, 1.82) is 0 Å². The molecule has 3 aromatic carbocycles. The van der Waals surface area contributed by atoms with Crippen molar-refractivity contribution in [2.75, 3.05) is 26.2 Å². The molecule has 0 spiro atoms. The average Bonchev–Trinajstić information content (AvgIpc) is 3.08. The van der Waals surface area contributed by atoms with Gasteiger partial charge in [0.1, 0.15) is 0 Å². The van der Waals surface area contributed by atoms with Gasteiger partial charge in [0, 0.05) is 61.6 Å². The Labute approximate surface area is 260 Å². The van der Waals surface area contributed by atoms with Crippen molar-refractivity contribution in [3.63, 3.8) is 0 Å². The van der Waals surface area contributed by atoms with Crippen molar-refractivity contribution in [3.8, 4) is 11.3 Å². The number of hydrogen-bond acceptors (Lipinski definition) is 7. The predicted molar refractivity (Wildman–Crippen MR) is 170 cm³/mol. The van der Waals surface area contributed by atoms with Crippen LogP contribution in [0.5, 0.6) is 0 Å². The highest BCUT2D eigenvalue weighted by Gasteiger charge is 2.29. The molecule has 0 aliphatic carbocycles. The predicted octanol–water partition coefficient (Wildman–Crippen LogP) is 4.84. The fourth-order valence-electron chi connectivity index (χ4n) is 5.73. The number of carbonyl (C=O) groups excluding carboxylic acids is 2. The number of carboxylic acids is 1. The van der Waals surface area contributed by atoms with Gasteiger partial charge >= 0.3 is 5.97 Å². The minimum Gasteiger partial charge on any atom is -0.476 e. The first-order valence-corrected chi connectivity index (χ1v) is 14.8. The molecule has 226 valence electrons. The third kappa shape index (κ3) is 6.27. The SMILES string of the molecule is C[C@H](NC(=O)c1c(CN2CCN(C(=O)c3nccnc3C(=O)O)CC2)c(-c2ccccc2)nc2ccccc12)c1ccccc1. The fourth-order valence-corrected chi connectivity index (χ4v) is 5.73. The van der Waals surface area contributed by atoms with E-state index in [-0.39, 0.29) is 23.3 Å². The molecule has 0 radical (unpaired) electrons. The van der Waals surface area contributed by atoms with E-state index < -0.39 is 11.9 Å². The lowest BCUT2D eigenvalue weighted by Crippen LogP contribution is -2.49. The van der Waals surface area contributed by atoms with E-state index in [0.717, 1.165) is 33.3 Å². The molecule has 2 aromatic heterocycles. The van der Waals surface area contributed by atoms with Crippen LogP contribution in [0.25, 0.3) is 22.2 Å². The van der Waals surface area contributed by atoms with Gasteiger partial charge in [-0.05, 0) is 18.6 Å². The first-order chi connectivity index (χ1) is 21.9. The number of nitrogens with zero attached hydrogens (tertiary/aromatic N) is 5. The molecular formula is C35H32N6O4. The van der Waals surface area contributed by atoms with Gasteiger partial charge in [-0.1, -0.05) is 78.9 Å². The number of piperazine rings is 1. The number of nitrogens with one attached hydrogen (secondary N) is 1. The molecule has 1 saturated heterocycles. The van der Waals surface area contributed by atoms with Crippen LogP contribution in [-0.4, -0.2) is 73.8 Å². The summed E-state index contributed by atoms with van der Waals surface area (Å²) in [7, 11) is 0. The summed E-state index contributed by atoms with van der Waals surface area (Å²) in [5.41, 5.74) is 4.22. The number of hydrogen-bond donors (Lipinski definition) is 2. The van der Waals surface area contributed by atoms with Crippen LogP contribution in [0, 0.1) is 0 Å². The molecule has 0 unspecified atom stereocenters. The van der Waals surface area contributed by atoms with E-state index in [1.54, 1.807) is 4.90 Å². The Balaban J connectivity index is 1.33. The quantitative estimate of drug-likeness (QED) is 0.259. The van der Waals surface area contributed by atoms with Gasteiger partial charge in [-0.2, -0.15) is 0 Å². The number of benzene rings is 3. The monoisotopic (exact) mass is 600 g/mol. The molecule has 1 aliphatic heterocycles. The molecule has 6 rings (SSSR count). The van der Waals surface area contributed by atoms with Crippen molar-refractivity contribution in [2.24, 2.45) is 0 Å². The number of para-hydroxylation sites is 1. The van der Waals surface area contributed by atoms with Gasteiger partial charge < -0.3 is 15.3 Å². The second kappa shape index (κ2) is 13.0. The normalized spacial score (nSPS) is 14.2. The molecule has 5 aromatic rings. The first-order valence-electron chi connectivity index (χ1n) is 14.8. The highest BCUT2D eigenvalue weighted by atomic mass is 16.4. The molecule has 0 saturated carbocycles. The largest absolute Gasteiger partial charge is 0.476 e. The number of carbonyl (C=O) groups is 3. The van der Waals surface area contributed by atoms with Crippen molar-refractivity contribution >= 4 is 28.7 Å². The highest BCUT2D eigenvalue weighted by Crippen LogP contribution is 2.32. The van der Waals surface area contributed by atoms with Crippen molar-refractivity contribution < 1.29 is 19.5 Å². The summed E-state index contributed by atoms with van der Waals surface area (Å²) in [4.78, 5) is 55.7. The topological polar surface area (TPSA) is 129 Å². The van der Waals surface area contributed by atoms with Crippen LogP contribution in [0.1, 0.15) is 55.4 Å². The zero-order chi connectivity index (χ0) is 31.3. The van der Waals surface area contributed by atoms with E-state index in [9.17, 15) is 19.5 Å². The maximum atomic E-state index is 14.2. The van der Waals surface area contributed by atoms with Gasteiger partial charge in [0.15, 0.2) is 11.4 Å². The number of carboxylic acid groups (broad SMARTS) is 1. The van der Waals surface area contributed by atoms with Gasteiger partial charge in [0.05, 0.1) is 22.8 Å². The molecule has 1 atom stereocenters. The Kier molecular flexibility index (Phi) is 8.56. The molecule has 10 heteroatoms. The van der Waals surface area contributed by atoms with E-state index in [2.05, 4.69) is 20.2 Å².